The molecule has 7 heteroatoms. The molecule has 0 unspecified atom stereocenters. The molecular weight excluding hydrogens is 342 g/mol. The number of carbonyl (C=O) groups is 1. The van der Waals surface area contributed by atoms with Gasteiger partial charge in [0.1, 0.15) is 0 Å². The topological polar surface area (TPSA) is 93.8 Å². The normalized spacial score (nSPS) is 10.9. The van der Waals surface area contributed by atoms with Crippen LogP contribution in [0, 0.1) is 13.8 Å². The van der Waals surface area contributed by atoms with Crippen LogP contribution >= 0.6 is 0 Å². The summed E-state index contributed by atoms with van der Waals surface area (Å²) >= 11 is 0. The Morgan fingerprint density at radius 3 is 2.48 bits per heavy atom. The number of nitrogens with zero attached hydrogens (tertiary/aromatic N) is 4. The summed E-state index contributed by atoms with van der Waals surface area (Å²) in [4.78, 5) is 25.7. The van der Waals surface area contributed by atoms with Gasteiger partial charge in [-0.15, -0.1) is 0 Å². The molecule has 0 atom stereocenters. The summed E-state index contributed by atoms with van der Waals surface area (Å²) < 4.78 is 5.24. The van der Waals surface area contributed by atoms with Crippen molar-refractivity contribution < 1.29 is 9.32 Å². The molecule has 7 nitrogen and oxygen atoms in total. The van der Waals surface area contributed by atoms with Gasteiger partial charge in [-0.25, -0.2) is 9.97 Å². The van der Waals surface area contributed by atoms with Crippen molar-refractivity contribution in [3.63, 3.8) is 0 Å². The number of aromatic nitrogens is 4. The van der Waals surface area contributed by atoms with E-state index in [0.29, 0.717) is 22.8 Å². The summed E-state index contributed by atoms with van der Waals surface area (Å²) in [5.41, 5.74) is 4.52. The minimum absolute atomic E-state index is 0.172. The maximum Gasteiger partial charge on any atom is 0.257 e. The fraction of sp³-hybridized carbons (Fsp3) is 0.150. The molecule has 0 spiro atoms. The van der Waals surface area contributed by atoms with Crippen LogP contribution in [0.25, 0.3) is 22.5 Å². The van der Waals surface area contributed by atoms with E-state index in [1.807, 2.05) is 44.2 Å². The Bertz CT molecular complexity index is 1120. The number of aryl methyl sites for hydroxylation is 2. The molecule has 2 aromatic carbocycles. The summed E-state index contributed by atoms with van der Waals surface area (Å²) in [5, 5.41) is 6.70. The highest BCUT2D eigenvalue weighted by Crippen LogP contribution is 2.17. The summed E-state index contributed by atoms with van der Waals surface area (Å²) in [6, 6.07) is 14.7. The van der Waals surface area contributed by atoms with E-state index in [1.54, 1.807) is 18.2 Å². The van der Waals surface area contributed by atoms with Gasteiger partial charge in [0.05, 0.1) is 29.0 Å². The highest BCUT2D eigenvalue weighted by atomic mass is 16.5. The predicted octanol–water partition coefficient (Wildman–Crippen LogP) is 3.23. The van der Waals surface area contributed by atoms with Crippen molar-refractivity contribution in [1.29, 1.82) is 0 Å². The van der Waals surface area contributed by atoms with Crippen molar-refractivity contribution in [3.8, 4) is 11.5 Å². The SMILES string of the molecule is Cc1nc2ccc(C(=O)NCc3noc(-c4ccccc4)n3)cc2nc1C. The Morgan fingerprint density at radius 1 is 0.963 bits per heavy atom. The first-order valence-corrected chi connectivity index (χ1v) is 8.51. The summed E-state index contributed by atoms with van der Waals surface area (Å²) in [5.74, 6) is 0.601. The van der Waals surface area contributed by atoms with Gasteiger partial charge in [0, 0.05) is 11.1 Å². The van der Waals surface area contributed by atoms with Gasteiger partial charge in [-0.1, -0.05) is 23.4 Å². The number of hydrogen-bond acceptors (Lipinski definition) is 6. The third-order valence-electron chi connectivity index (χ3n) is 4.23. The first-order chi connectivity index (χ1) is 13.1. The maximum atomic E-state index is 12.4. The molecule has 2 heterocycles. The zero-order chi connectivity index (χ0) is 18.8. The molecule has 27 heavy (non-hydrogen) atoms. The Labute approximate surface area is 155 Å². The van der Waals surface area contributed by atoms with E-state index in [9.17, 15) is 4.79 Å². The zero-order valence-electron chi connectivity index (χ0n) is 14.9. The van der Waals surface area contributed by atoms with Crippen LogP contribution in [0.4, 0.5) is 0 Å². The first kappa shape index (κ1) is 16.8. The van der Waals surface area contributed by atoms with E-state index >= 15 is 0 Å². The van der Waals surface area contributed by atoms with Crippen LogP contribution in [-0.2, 0) is 6.54 Å². The van der Waals surface area contributed by atoms with Gasteiger partial charge in [-0.3, -0.25) is 4.79 Å². The zero-order valence-corrected chi connectivity index (χ0v) is 14.9. The summed E-state index contributed by atoms with van der Waals surface area (Å²) in [7, 11) is 0. The maximum absolute atomic E-state index is 12.4. The summed E-state index contributed by atoms with van der Waals surface area (Å²) in [6.07, 6.45) is 0. The van der Waals surface area contributed by atoms with E-state index in [0.717, 1.165) is 22.5 Å². The fourth-order valence-electron chi connectivity index (χ4n) is 2.66. The van der Waals surface area contributed by atoms with Gasteiger partial charge in [0.15, 0.2) is 5.82 Å². The molecule has 0 saturated heterocycles. The number of fused-ring (bicyclic) bond motifs is 1. The number of amides is 1. The fourth-order valence-corrected chi connectivity index (χ4v) is 2.66. The quantitative estimate of drug-likeness (QED) is 0.601. The number of benzene rings is 2. The largest absolute Gasteiger partial charge is 0.345 e. The number of hydrogen-bond donors (Lipinski definition) is 1. The Balaban J connectivity index is 1.47. The van der Waals surface area contributed by atoms with Gasteiger partial charge in [-0.2, -0.15) is 4.98 Å². The molecule has 0 radical (unpaired) electrons. The average molecular weight is 359 g/mol. The minimum Gasteiger partial charge on any atom is -0.345 e. The number of carbonyl (C=O) groups excluding carboxylic acids is 1. The van der Waals surface area contributed by atoms with Crippen molar-refractivity contribution in [3.05, 3.63) is 71.3 Å². The van der Waals surface area contributed by atoms with Gasteiger partial charge in [0.2, 0.25) is 0 Å². The van der Waals surface area contributed by atoms with E-state index in [2.05, 4.69) is 25.4 Å². The molecule has 4 rings (SSSR count). The lowest BCUT2D eigenvalue weighted by Crippen LogP contribution is -2.23. The van der Waals surface area contributed by atoms with Gasteiger partial charge in [0.25, 0.3) is 11.8 Å². The monoisotopic (exact) mass is 359 g/mol. The van der Waals surface area contributed by atoms with Crippen LogP contribution in [-0.4, -0.2) is 26.0 Å². The van der Waals surface area contributed by atoms with Crippen LogP contribution in [0.2, 0.25) is 0 Å². The number of rotatable bonds is 4. The van der Waals surface area contributed by atoms with Crippen molar-refractivity contribution in [1.82, 2.24) is 25.4 Å². The number of nitrogens with one attached hydrogen (secondary N) is 1. The second kappa shape index (κ2) is 6.95. The summed E-state index contributed by atoms with van der Waals surface area (Å²) in [6.45, 7) is 3.98. The lowest BCUT2D eigenvalue weighted by molar-refractivity contribution is 0.0949. The van der Waals surface area contributed by atoms with E-state index < -0.39 is 0 Å². The van der Waals surface area contributed by atoms with E-state index in [4.69, 9.17) is 4.52 Å². The second-order valence-electron chi connectivity index (χ2n) is 6.16. The standard InChI is InChI=1S/C20H17N5O2/c1-12-13(2)23-17-10-15(8-9-16(17)22-12)19(26)21-11-18-24-20(27-25-18)14-6-4-3-5-7-14/h3-10H,11H2,1-2H3,(H,21,26). The van der Waals surface area contributed by atoms with Crippen LogP contribution in [0.15, 0.2) is 53.1 Å². The van der Waals surface area contributed by atoms with Gasteiger partial charge in [-0.05, 0) is 44.2 Å². The van der Waals surface area contributed by atoms with E-state index in [1.165, 1.54) is 0 Å². The van der Waals surface area contributed by atoms with Crippen LogP contribution in [0.3, 0.4) is 0 Å². The molecule has 4 aromatic rings. The highest BCUT2D eigenvalue weighted by Gasteiger charge is 2.12. The molecule has 0 bridgehead atoms. The predicted molar refractivity (Wildman–Crippen MR) is 99.9 cm³/mol. The van der Waals surface area contributed by atoms with Gasteiger partial charge < -0.3 is 9.84 Å². The lowest BCUT2D eigenvalue weighted by atomic mass is 10.1. The van der Waals surface area contributed by atoms with Gasteiger partial charge >= 0.3 is 0 Å². The van der Waals surface area contributed by atoms with Crippen molar-refractivity contribution in [2.45, 2.75) is 20.4 Å². The van der Waals surface area contributed by atoms with Crippen molar-refractivity contribution in [2.75, 3.05) is 0 Å². The Morgan fingerprint density at radius 2 is 1.70 bits per heavy atom. The third kappa shape index (κ3) is 3.52. The first-order valence-electron chi connectivity index (χ1n) is 8.51. The van der Waals surface area contributed by atoms with Crippen LogP contribution in [0.5, 0.6) is 0 Å². The minimum atomic E-state index is -0.233. The van der Waals surface area contributed by atoms with Crippen molar-refractivity contribution >= 4 is 16.9 Å². The lowest BCUT2D eigenvalue weighted by Gasteiger charge is -2.05. The highest BCUT2D eigenvalue weighted by molar-refractivity contribution is 5.97. The molecule has 2 aromatic heterocycles. The molecule has 0 aliphatic carbocycles. The van der Waals surface area contributed by atoms with Crippen LogP contribution in [0.1, 0.15) is 27.6 Å². The molecule has 0 aliphatic heterocycles. The molecule has 1 amide bonds. The van der Waals surface area contributed by atoms with E-state index in [-0.39, 0.29) is 12.5 Å². The van der Waals surface area contributed by atoms with Crippen LogP contribution < -0.4 is 5.32 Å². The molecule has 0 fully saturated rings. The smallest absolute Gasteiger partial charge is 0.257 e. The molecular formula is C20H17N5O2. The average Bonchev–Trinajstić information content (AvgIpc) is 3.16. The Kier molecular flexibility index (Phi) is 4.33. The third-order valence-corrected chi connectivity index (χ3v) is 4.23. The second-order valence-corrected chi connectivity index (χ2v) is 6.16. The van der Waals surface area contributed by atoms with Crippen molar-refractivity contribution in [2.24, 2.45) is 0 Å². The molecule has 0 aliphatic rings. The molecule has 134 valence electrons. The molecule has 0 saturated carbocycles. The Hall–Kier alpha value is -3.61. The molecule has 1 N–H and O–H groups in total.